The molecule has 2 rings (SSSR count). The zero-order valence-electron chi connectivity index (χ0n) is 10.8. The van der Waals surface area contributed by atoms with Gasteiger partial charge in [-0.15, -0.1) is 6.42 Å². The SMILES string of the molecule is C#Cc1cccc(NC(=O)c2cc(Cl)ccc2OC)c1. The van der Waals surface area contributed by atoms with Crippen LogP contribution in [-0.4, -0.2) is 13.0 Å². The van der Waals surface area contributed by atoms with E-state index in [1.807, 2.05) is 0 Å². The number of halogens is 1. The topological polar surface area (TPSA) is 38.3 Å². The second-order valence-corrected chi connectivity index (χ2v) is 4.46. The maximum absolute atomic E-state index is 12.2. The van der Waals surface area contributed by atoms with Crippen molar-refractivity contribution >= 4 is 23.2 Å². The van der Waals surface area contributed by atoms with Crippen LogP contribution in [0, 0.1) is 12.3 Å². The molecule has 100 valence electrons. The first-order valence-electron chi connectivity index (χ1n) is 5.85. The normalized spacial score (nSPS) is 9.65. The average molecular weight is 286 g/mol. The summed E-state index contributed by atoms with van der Waals surface area (Å²) in [5, 5.41) is 3.23. The highest BCUT2D eigenvalue weighted by Gasteiger charge is 2.13. The fourth-order valence-electron chi connectivity index (χ4n) is 1.74. The second kappa shape index (κ2) is 6.14. The lowest BCUT2D eigenvalue weighted by Gasteiger charge is -2.10. The number of hydrogen-bond acceptors (Lipinski definition) is 2. The summed E-state index contributed by atoms with van der Waals surface area (Å²) >= 11 is 5.91. The molecule has 20 heavy (non-hydrogen) atoms. The molecular formula is C16H12ClNO2. The van der Waals surface area contributed by atoms with Crippen LogP contribution in [0.4, 0.5) is 5.69 Å². The smallest absolute Gasteiger partial charge is 0.259 e. The van der Waals surface area contributed by atoms with Crippen LogP contribution in [0.2, 0.25) is 5.02 Å². The lowest BCUT2D eigenvalue weighted by atomic mass is 10.1. The number of benzene rings is 2. The number of anilines is 1. The number of amides is 1. The molecule has 1 amide bonds. The molecule has 0 spiro atoms. The molecule has 3 nitrogen and oxygen atoms in total. The molecule has 0 fully saturated rings. The summed E-state index contributed by atoms with van der Waals surface area (Å²) in [5.41, 5.74) is 1.68. The summed E-state index contributed by atoms with van der Waals surface area (Å²) in [6.45, 7) is 0. The molecule has 0 aliphatic carbocycles. The molecule has 0 aliphatic rings. The maximum Gasteiger partial charge on any atom is 0.259 e. The van der Waals surface area contributed by atoms with E-state index in [2.05, 4.69) is 11.2 Å². The van der Waals surface area contributed by atoms with E-state index in [4.69, 9.17) is 22.8 Å². The van der Waals surface area contributed by atoms with Crippen molar-refractivity contribution in [3.8, 4) is 18.1 Å². The summed E-state index contributed by atoms with van der Waals surface area (Å²) in [7, 11) is 1.50. The van der Waals surface area contributed by atoms with Gasteiger partial charge in [0.25, 0.3) is 5.91 Å². The lowest BCUT2D eigenvalue weighted by Crippen LogP contribution is -2.13. The van der Waals surface area contributed by atoms with E-state index in [1.165, 1.54) is 7.11 Å². The zero-order valence-corrected chi connectivity index (χ0v) is 11.6. The number of carbonyl (C=O) groups is 1. The van der Waals surface area contributed by atoms with Gasteiger partial charge in [0.1, 0.15) is 5.75 Å². The van der Waals surface area contributed by atoms with E-state index in [0.29, 0.717) is 27.6 Å². The third-order valence-electron chi connectivity index (χ3n) is 2.69. The van der Waals surface area contributed by atoms with Crippen molar-refractivity contribution in [2.75, 3.05) is 12.4 Å². The Morgan fingerprint density at radius 3 is 2.80 bits per heavy atom. The summed E-state index contributed by atoms with van der Waals surface area (Å²) in [6, 6.07) is 11.9. The van der Waals surface area contributed by atoms with Crippen LogP contribution in [0.3, 0.4) is 0 Å². The van der Waals surface area contributed by atoms with E-state index < -0.39 is 0 Å². The van der Waals surface area contributed by atoms with Crippen molar-refractivity contribution in [1.29, 1.82) is 0 Å². The van der Waals surface area contributed by atoms with Gasteiger partial charge in [-0.1, -0.05) is 23.6 Å². The summed E-state index contributed by atoms with van der Waals surface area (Å²) in [6.07, 6.45) is 5.33. The first kappa shape index (κ1) is 14.0. The first-order valence-corrected chi connectivity index (χ1v) is 6.23. The van der Waals surface area contributed by atoms with Crippen LogP contribution in [0.1, 0.15) is 15.9 Å². The Labute approximate surface area is 122 Å². The van der Waals surface area contributed by atoms with E-state index in [9.17, 15) is 4.79 Å². The average Bonchev–Trinajstić information content (AvgIpc) is 2.47. The predicted octanol–water partition coefficient (Wildman–Crippen LogP) is 3.58. The third-order valence-corrected chi connectivity index (χ3v) is 2.93. The largest absolute Gasteiger partial charge is 0.496 e. The number of rotatable bonds is 3. The molecule has 0 atom stereocenters. The standard InChI is InChI=1S/C16H12ClNO2/c1-3-11-5-4-6-13(9-11)18-16(19)14-10-12(17)7-8-15(14)20-2/h1,4-10H,2H3,(H,18,19). The fourth-order valence-corrected chi connectivity index (χ4v) is 1.91. The van der Waals surface area contributed by atoms with Crippen molar-refractivity contribution in [3.63, 3.8) is 0 Å². The van der Waals surface area contributed by atoms with Gasteiger partial charge >= 0.3 is 0 Å². The van der Waals surface area contributed by atoms with E-state index in [1.54, 1.807) is 42.5 Å². The van der Waals surface area contributed by atoms with Crippen LogP contribution in [-0.2, 0) is 0 Å². The van der Waals surface area contributed by atoms with Crippen molar-refractivity contribution in [2.24, 2.45) is 0 Å². The first-order chi connectivity index (χ1) is 9.63. The highest BCUT2D eigenvalue weighted by atomic mass is 35.5. The van der Waals surface area contributed by atoms with Crippen LogP contribution in [0.5, 0.6) is 5.75 Å². The Morgan fingerprint density at radius 2 is 2.10 bits per heavy atom. The minimum atomic E-state index is -0.307. The number of terminal acetylenes is 1. The van der Waals surface area contributed by atoms with Gasteiger partial charge in [-0.2, -0.15) is 0 Å². The minimum Gasteiger partial charge on any atom is -0.496 e. The summed E-state index contributed by atoms with van der Waals surface area (Å²) in [4.78, 5) is 12.2. The quantitative estimate of drug-likeness (QED) is 0.875. The van der Waals surface area contributed by atoms with Gasteiger partial charge < -0.3 is 10.1 Å². The Bertz CT molecular complexity index is 689. The Hall–Kier alpha value is -2.44. The van der Waals surface area contributed by atoms with Gasteiger partial charge in [0.2, 0.25) is 0 Å². The van der Waals surface area contributed by atoms with Crippen LogP contribution >= 0.6 is 11.6 Å². The maximum atomic E-state index is 12.2. The van der Waals surface area contributed by atoms with Gasteiger partial charge in [0.15, 0.2) is 0 Å². The lowest BCUT2D eigenvalue weighted by molar-refractivity contribution is 0.102. The van der Waals surface area contributed by atoms with Gasteiger partial charge in [-0.05, 0) is 36.4 Å². The Morgan fingerprint density at radius 1 is 1.30 bits per heavy atom. The third kappa shape index (κ3) is 3.11. The Kier molecular flexibility index (Phi) is 4.29. The fraction of sp³-hybridized carbons (Fsp3) is 0.0625. The molecule has 0 saturated carbocycles. The van der Waals surface area contributed by atoms with E-state index >= 15 is 0 Å². The number of nitrogens with one attached hydrogen (secondary N) is 1. The summed E-state index contributed by atoms with van der Waals surface area (Å²) in [5.74, 6) is 2.67. The molecule has 0 bridgehead atoms. The monoisotopic (exact) mass is 285 g/mol. The number of carbonyl (C=O) groups excluding carboxylic acids is 1. The molecule has 0 aliphatic heterocycles. The van der Waals surface area contributed by atoms with Crippen molar-refractivity contribution in [1.82, 2.24) is 0 Å². The molecule has 0 unspecified atom stereocenters. The molecule has 0 heterocycles. The molecule has 2 aromatic carbocycles. The molecule has 0 aromatic heterocycles. The van der Waals surface area contributed by atoms with Gasteiger partial charge in [0, 0.05) is 16.3 Å². The molecule has 4 heteroatoms. The second-order valence-electron chi connectivity index (χ2n) is 4.02. The van der Waals surface area contributed by atoms with Gasteiger partial charge in [0.05, 0.1) is 12.7 Å². The van der Waals surface area contributed by atoms with Crippen LogP contribution < -0.4 is 10.1 Å². The minimum absolute atomic E-state index is 0.307. The van der Waals surface area contributed by atoms with Gasteiger partial charge in [-0.3, -0.25) is 4.79 Å². The number of hydrogen-bond donors (Lipinski definition) is 1. The molecule has 1 N–H and O–H groups in total. The van der Waals surface area contributed by atoms with E-state index in [-0.39, 0.29) is 5.91 Å². The highest BCUT2D eigenvalue weighted by molar-refractivity contribution is 6.31. The van der Waals surface area contributed by atoms with Crippen LogP contribution in [0.15, 0.2) is 42.5 Å². The predicted molar refractivity (Wildman–Crippen MR) is 80.3 cm³/mol. The van der Waals surface area contributed by atoms with Crippen LogP contribution in [0.25, 0.3) is 0 Å². The molecular weight excluding hydrogens is 274 g/mol. The number of methoxy groups -OCH3 is 1. The van der Waals surface area contributed by atoms with Crippen molar-refractivity contribution < 1.29 is 9.53 Å². The molecule has 0 saturated heterocycles. The van der Waals surface area contributed by atoms with E-state index in [0.717, 1.165) is 0 Å². The zero-order chi connectivity index (χ0) is 14.5. The highest BCUT2D eigenvalue weighted by Crippen LogP contribution is 2.23. The van der Waals surface area contributed by atoms with Gasteiger partial charge in [-0.25, -0.2) is 0 Å². The number of ether oxygens (including phenoxy) is 1. The van der Waals surface area contributed by atoms with Crippen molar-refractivity contribution in [3.05, 3.63) is 58.6 Å². The Balaban J connectivity index is 2.28. The molecule has 2 aromatic rings. The molecule has 0 radical (unpaired) electrons. The van der Waals surface area contributed by atoms with Crippen molar-refractivity contribution in [2.45, 2.75) is 0 Å². The summed E-state index contributed by atoms with van der Waals surface area (Å²) < 4.78 is 5.15.